The quantitative estimate of drug-likeness (QED) is 0.0211. The highest BCUT2D eigenvalue weighted by molar-refractivity contribution is 5.92. The van der Waals surface area contributed by atoms with Crippen LogP contribution in [0.2, 0.25) is 0 Å². The lowest BCUT2D eigenvalue weighted by atomic mass is 10.1. The number of nitrogens with two attached hydrogens (primary N) is 4. The Morgan fingerprint density at radius 3 is 2.02 bits per heavy atom. The summed E-state index contributed by atoms with van der Waals surface area (Å²) in [6.45, 7) is 3.80. The van der Waals surface area contributed by atoms with Crippen LogP contribution in [0.25, 0.3) is 0 Å². The molecule has 0 spiro atoms. The van der Waals surface area contributed by atoms with Crippen molar-refractivity contribution >= 4 is 47.3 Å². The molecule has 0 saturated heterocycles. The third kappa shape index (κ3) is 23.2. The number of benzene rings is 1. The zero-order valence-electron chi connectivity index (χ0n) is 32.0. The summed E-state index contributed by atoms with van der Waals surface area (Å²) in [5.41, 5.74) is 21.7. The number of phenolic OH excluding ortho intramolecular Hbond substituents is 2. The van der Waals surface area contributed by atoms with Crippen LogP contribution < -0.4 is 60.2 Å². The predicted octanol–water partition coefficient (Wildman–Crippen LogP) is -3.72. The van der Waals surface area contributed by atoms with Crippen molar-refractivity contribution in [3.8, 4) is 11.5 Å². The summed E-state index contributed by atoms with van der Waals surface area (Å²) in [4.78, 5) is 88.9. The summed E-state index contributed by atoms with van der Waals surface area (Å²) >= 11 is 0. The number of carbonyl (C=O) groups excluding carboxylic acids is 7. The number of nitrogens with one attached hydrogen (secondary N) is 7. The Labute approximate surface area is 326 Å². The lowest BCUT2D eigenvalue weighted by molar-refractivity contribution is -0.131. The molecule has 0 unspecified atom stereocenters. The van der Waals surface area contributed by atoms with Crippen molar-refractivity contribution in [1.82, 2.24) is 37.2 Å². The van der Waals surface area contributed by atoms with E-state index in [2.05, 4.69) is 42.2 Å². The minimum Gasteiger partial charge on any atom is -0.508 e. The summed E-state index contributed by atoms with van der Waals surface area (Å²) in [5, 5.41) is 38.1. The number of aliphatic imine (C=N–C) groups is 1. The normalized spacial score (nSPS) is 12.2. The van der Waals surface area contributed by atoms with E-state index in [0.29, 0.717) is 71.2 Å². The molecule has 0 aliphatic heterocycles. The maximum absolute atomic E-state index is 12.6. The molecule has 7 amide bonds. The van der Waals surface area contributed by atoms with Gasteiger partial charge in [0.1, 0.15) is 23.6 Å². The van der Waals surface area contributed by atoms with Crippen molar-refractivity contribution in [2.75, 3.05) is 45.8 Å². The molecular weight excluding hydrogens is 732 g/mol. The van der Waals surface area contributed by atoms with Crippen molar-refractivity contribution in [2.45, 2.75) is 89.3 Å². The zero-order chi connectivity index (χ0) is 41.9. The largest absolute Gasteiger partial charge is 0.508 e. The minimum absolute atomic E-state index is 0.0466. The summed E-state index contributed by atoms with van der Waals surface area (Å²) in [5.74, 6) is -3.98. The molecule has 3 atom stereocenters. The lowest BCUT2D eigenvalue weighted by Gasteiger charge is -2.17. The number of carbonyl (C=O) groups is 7. The summed E-state index contributed by atoms with van der Waals surface area (Å²) in [6, 6.07) is 0.941. The highest BCUT2D eigenvalue weighted by Crippen LogP contribution is 2.22. The molecule has 1 rings (SSSR count). The number of amides is 7. The summed E-state index contributed by atoms with van der Waals surface area (Å²) in [7, 11) is 0. The van der Waals surface area contributed by atoms with Crippen molar-refractivity contribution in [3.63, 3.8) is 0 Å². The summed E-state index contributed by atoms with van der Waals surface area (Å²) < 4.78 is 0. The molecule has 17 N–H and O–H groups in total. The first-order chi connectivity index (χ1) is 26.6. The van der Waals surface area contributed by atoms with Crippen LogP contribution in [0.15, 0.2) is 23.2 Å². The van der Waals surface area contributed by atoms with Crippen molar-refractivity contribution < 1.29 is 43.8 Å². The van der Waals surface area contributed by atoms with Gasteiger partial charge in [0, 0.05) is 50.8 Å². The number of nitrogens with zero attached hydrogens (tertiary/aromatic N) is 1. The van der Waals surface area contributed by atoms with Gasteiger partial charge in [-0.15, -0.1) is 0 Å². The fourth-order valence-electron chi connectivity index (χ4n) is 4.98. The molecule has 21 heteroatoms. The molecule has 0 fully saturated rings. The number of hydrogen-bond donors (Lipinski definition) is 13. The number of guanidine groups is 1. The van der Waals surface area contributed by atoms with Crippen LogP contribution in [0.5, 0.6) is 11.5 Å². The van der Waals surface area contributed by atoms with Crippen LogP contribution in [0.3, 0.4) is 0 Å². The van der Waals surface area contributed by atoms with E-state index in [1.54, 1.807) is 0 Å². The first-order valence-corrected chi connectivity index (χ1v) is 18.6. The molecule has 0 saturated carbocycles. The SMILES string of the molecule is C[C@@H](NC(=O)CNC(=O)[C@@H](N)CCCN=C(N)N)C(=O)NCCCCNCCC(=O)NCCCCCNC(=O)[C@H](CC(N)=O)NC(=O)Cc1ccc(O)cc1O. The molecule has 0 aromatic heterocycles. The maximum atomic E-state index is 12.6. The van der Waals surface area contributed by atoms with Gasteiger partial charge in [0.15, 0.2) is 5.96 Å². The van der Waals surface area contributed by atoms with Crippen LogP contribution in [0.1, 0.15) is 70.3 Å². The van der Waals surface area contributed by atoms with Gasteiger partial charge in [0.05, 0.1) is 25.4 Å². The number of rotatable bonds is 29. The zero-order valence-corrected chi connectivity index (χ0v) is 32.0. The van der Waals surface area contributed by atoms with Crippen molar-refractivity contribution in [3.05, 3.63) is 23.8 Å². The Morgan fingerprint density at radius 2 is 1.36 bits per heavy atom. The van der Waals surface area contributed by atoms with Gasteiger partial charge in [-0.25, -0.2) is 0 Å². The number of unbranched alkanes of at least 4 members (excludes halogenated alkanes) is 3. The smallest absolute Gasteiger partial charge is 0.243 e. The maximum Gasteiger partial charge on any atom is 0.243 e. The molecule has 0 bridgehead atoms. The average Bonchev–Trinajstić information content (AvgIpc) is 3.13. The van der Waals surface area contributed by atoms with E-state index in [9.17, 15) is 43.8 Å². The monoisotopic (exact) mass is 792 g/mol. The van der Waals surface area contributed by atoms with Crippen LogP contribution in [0, 0.1) is 0 Å². The van der Waals surface area contributed by atoms with Crippen LogP contribution in [0.4, 0.5) is 0 Å². The second-order valence-electron chi connectivity index (χ2n) is 13.0. The van der Waals surface area contributed by atoms with E-state index >= 15 is 0 Å². The average molecular weight is 793 g/mol. The highest BCUT2D eigenvalue weighted by atomic mass is 16.3. The number of aromatic hydroxyl groups is 2. The molecule has 0 aliphatic carbocycles. The van der Waals surface area contributed by atoms with Gasteiger partial charge in [0.25, 0.3) is 0 Å². The van der Waals surface area contributed by atoms with E-state index in [1.165, 1.54) is 19.1 Å². The molecule has 21 nitrogen and oxygen atoms in total. The molecule has 0 aliphatic rings. The van der Waals surface area contributed by atoms with Gasteiger partial charge >= 0.3 is 0 Å². The van der Waals surface area contributed by atoms with E-state index in [0.717, 1.165) is 12.5 Å². The Morgan fingerprint density at radius 1 is 0.714 bits per heavy atom. The molecule has 0 radical (unpaired) electrons. The Bertz CT molecular complexity index is 1470. The fraction of sp³-hybridized carbons (Fsp3) is 0.600. The molecule has 56 heavy (non-hydrogen) atoms. The second kappa shape index (κ2) is 27.8. The van der Waals surface area contributed by atoms with Gasteiger partial charge in [0.2, 0.25) is 41.4 Å². The Hall–Kier alpha value is -5.70. The van der Waals surface area contributed by atoms with E-state index in [4.69, 9.17) is 22.9 Å². The third-order valence-corrected chi connectivity index (χ3v) is 8.06. The van der Waals surface area contributed by atoms with Crippen LogP contribution in [-0.2, 0) is 40.0 Å². The standard InChI is InChI=1S/C35H60N12O9/c1-22(46-31(53)21-45-33(55)25(36)8-7-16-44-35(38)39)32(54)42-15-6-5-12-40-17-11-29(51)41-13-3-2-4-14-43-34(56)26(20-28(37)50)47-30(52)18-23-9-10-24(48)19-27(23)49/h9-10,19,22,25-26,40,48-49H,2-8,11-18,20-21,36H2,1H3,(H2,37,50)(H,41,51)(H,42,54)(H,43,56)(H,45,55)(H,46,53)(H,47,52)(H4,38,39,44)/t22-,25+,26+/m1/s1. The van der Waals surface area contributed by atoms with Gasteiger partial charge in [-0.05, 0) is 64.5 Å². The van der Waals surface area contributed by atoms with Gasteiger partial charge in [-0.1, -0.05) is 6.07 Å². The van der Waals surface area contributed by atoms with E-state index in [1.807, 2.05) is 0 Å². The molecule has 314 valence electrons. The van der Waals surface area contributed by atoms with Crippen LogP contribution in [-0.4, -0.2) is 121 Å². The number of hydrogen-bond acceptors (Lipinski definition) is 12. The van der Waals surface area contributed by atoms with E-state index in [-0.39, 0.29) is 60.8 Å². The van der Waals surface area contributed by atoms with Crippen molar-refractivity contribution in [1.29, 1.82) is 0 Å². The topological polar surface area (TPSA) is 361 Å². The molecule has 1 aromatic rings. The number of primary amides is 1. The van der Waals surface area contributed by atoms with E-state index < -0.39 is 54.1 Å². The fourth-order valence-corrected chi connectivity index (χ4v) is 4.98. The molecule has 1 aromatic carbocycles. The highest BCUT2D eigenvalue weighted by Gasteiger charge is 2.23. The lowest BCUT2D eigenvalue weighted by Crippen LogP contribution is -2.50. The Kier molecular flexibility index (Phi) is 24.0. The van der Waals surface area contributed by atoms with Crippen molar-refractivity contribution in [2.24, 2.45) is 27.9 Å². The first-order valence-electron chi connectivity index (χ1n) is 18.6. The van der Waals surface area contributed by atoms with Crippen LogP contribution >= 0.6 is 0 Å². The minimum atomic E-state index is -1.19. The third-order valence-electron chi connectivity index (χ3n) is 8.06. The van der Waals surface area contributed by atoms with Gasteiger partial charge in [-0.3, -0.25) is 38.6 Å². The number of phenols is 2. The second-order valence-corrected chi connectivity index (χ2v) is 13.0. The van der Waals surface area contributed by atoms with Gasteiger partial charge in [-0.2, -0.15) is 0 Å². The molecular formula is C35H60N12O9. The first kappa shape index (κ1) is 48.3. The van der Waals surface area contributed by atoms with Gasteiger partial charge < -0.3 is 70.4 Å². The predicted molar refractivity (Wildman–Crippen MR) is 207 cm³/mol. The summed E-state index contributed by atoms with van der Waals surface area (Å²) in [6.07, 6.45) is 3.82. The Balaban J connectivity index is 2.09. The molecule has 0 heterocycles.